The van der Waals surface area contributed by atoms with Crippen LogP contribution < -0.4 is 5.32 Å². The summed E-state index contributed by atoms with van der Waals surface area (Å²) >= 11 is 5.61. The van der Waals surface area contributed by atoms with Crippen LogP contribution in [0, 0.1) is 0 Å². The van der Waals surface area contributed by atoms with Gasteiger partial charge in [-0.05, 0) is 38.6 Å². The Morgan fingerprint density at radius 3 is 3.00 bits per heavy atom. The van der Waals surface area contributed by atoms with Gasteiger partial charge in [0, 0.05) is 19.0 Å². The number of ether oxygens (including phenoxy) is 1. The van der Waals surface area contributed by atoms with Crippen LogP contribution in [0.3, 0.4) is 0 Å². The first-order valence-corrected chi connectivity index (χ1v) is 5.72. The van der Waals surface area contributed by atoms with Gasteiger partial charge in [-0.2, -0.15) is 0 Å². The van der Waals surface area contributed by atoms with Crippen LogP contribution in [-0.4, -0.2) is 31.7 Å². The second kappa shape index (κ2) is 6.63. The van der Waals surface area contributed by atoms with E-state index >= 15 is 0 Å². The van der Waals surface area contributed by atoms with Crippen molar-refractivity contribution in [1.82, 2.24) is 5.32 Å². The van der Waals surface area contributed by atoms with Gasteiger partial charge in [-0.3, -0.25) is 0 Å². The van der Waals surface area contributed by atoms with Gasteiger partial charge in [0.05, 0.1) is 6.10 Å². The van der Waals surface area contributed by atoms with Crippen LogP contribution in [0.15, 0.2) is 0 Å². The molecule has 1 aliphatic carbocycles. The summed E-state index contributed by atoms with van der Waals surface area (Å²) < 4.78 is 5.36. The lowest BCUT2D eigenvalue weighted by molar-refractivity contribution is 0.0590. The molecule has 0 aromatic carbocycles. The number of halogens is 1. The predicted molar refractivity (Wildman–Crippen MR) is 56.4 cm³/mol. The van der Waals surface area contributed by atoms with E-state index < -0.39 is 0 Å². The molecular formula is C10H20ClNO. The van der Waals surface area contributed by atoms with Gasteiger partial charge in [-0.1, -0.05) is 0 Å². The summed E-state index contributed by atoms with van der Waals surface area (Å²) in [7, 11) is 1.81. The van der Waals surface area contributed by atoms with E-state index in [0.29, 0.717) is 12.1 Å². The lowest BCUT2D eigenvalue weighted by atomic mass is 9.93. The van der Waals surface area contributed by atoms with E-state index in [-0.39, 0.29) is 0 Å². The van der Waals surface area contributed by atoms with Gasteiger partial charge in [-0.25, -0.2) is 0 Å². The van der Waals surface area contributed by atoms with E-state index in [1.54, 1.807) is 0 Å². The molecule has 2 nitrogen and oxygen atoms in total. The monoisotopic (exact) mass is 205 g/mol. The topological polar surface area (TPSA) is 21.3 Å². The maximum absolute atomic E-state index is 5.61. The number of methoxy groups -OCH3 is 1. The minimum atomic E-state index is 0.474. The summed E-state index contributed by atoms with van der Waals surface area (Å²) in [4.78, 5) is 0. The quantitative estimate of drug-likeness (QED) is 0.549. The summed E-state index contributed by atoms with van der Waals surface area (Å²) in [5.41, 5.74) is 0. The molecule has 1 rings (SSSR count). The van der Waals surface area contributed by atoms with E-state index in [1.807, 2.05) is 7.11 Å². The summed E-state index contributed by atoms with van der Waals surface area (Å²) in [6.45, 7) is 1.05. The molecule has 1 N–H and O–H groups in total. The van der Waals surface area contributed by atoms with Crippen LogP contribution in [-0.2, 0) is 4.74 Å². The Balaban J connectivity index is 2.11. The highest BCUT2D eigenvalue weighted by Crippen LogP contribution is 2.20. The number of hydrogen-bond acceptors (Lipinski definition) is 2. The molecule has 13 heavy (non-hydrogen) atoms. The fourth-order valence-electron chi connectivity index (χ4n) is 1.92. The highest BCUT2D eigenvalue weighted by Gasteiger charge is 2.20. The molecule has 0 amide bonds. The summed E-state index contributed by atoms with van der Waals surface area (Å²) in [5, 5.41) is 3.52. The van der Waals surface area contributed by atoms with Gasteiger partial charge in [0.1, 0.15) is 0 Å². The van der Waals surface area contributed by atoms with Gasteiger partial charge in [-0.15, -0.1) is 11.6 Å². The van der Waals surface area contributed by atoms with Crippen molar-refractivity contribution >= 4 is 11.6 Å². The lowest BCUT2D eigenvalue weighted by Gasteiger charge is -2.28. The van der Waals surface area contributed by atoms with Gasteiger partial charge in [0.15, 0.2) is 0 Å². The first-order valence-electron chi connectivity index (χ1n) is 5.19. The molecule has 78 valence electrons. The highest BCUT2D eigenvalue weighted by molar-refractivity contribution is 6.17. The fraction of sp³-hybridized carbons (Fsp3) is 1.00. The molecule has 1 aliphatic rings. The van der Waals surface area contributed by atoms with Crippen molar-refractivity contribution in [3.8, 4) is 0 Å². The van der Waals surface area contributed by atoms with E-state index in [1.165, 1.54) is 25.7 Å². The number of alkyl halides is 1. The second-order valence-corrected chi connectivity index (χ2v) is 4.10. The number of rotatable bonds is 5. The highest BCUT2D eigenvalue weighted by atomic mass is 35.5. The van der Waals surface area contributed by atoms with Crippen molar-refractivity contribution in [2.75, 3.05) is 19.5 Å². The van der Waals surface area contributed by atoms with Crippen LogP contribution in [0.1, 0.15) is 32.1 Å². The standard InChI is InChI=1S/C10H20ClNO/c1-13-10-5-2-4-9(8-10)12-7-3-6-11/h9-10,12H,2-8H2,1H3. The molecule has 1 fully saturated rings. The van der Waals surface area contributed by atoms with Gasteiger partial charge in [0.2, 0.25) is 0 Å². The molecule has 2 atom stereocenters. The van der Waals surface area contributed by atoms with Crippen molar-refractivity contribution in [2.24, 2.45) is 0 Å². The average Bonchev–Trinajstić information content (AvgIpc) is 2.19. The maximum Gasteiger partial charge on any atom is 0.0586 e. The van der Waals surface area contributed by atoms with Crippen molar-refractivity contribution in [3.05, 3.63) is 0 Å². The molecule has 0 saturated heterocycles. The molecule has 3 heteroatoms. The lowest BCUT2D eigenvalue weighted by Crippen LogP contribution is -2.37. The molecule has 0 radical (unpaired) electrons. The van der Waals surface area contributed by atoms with E-state index in [0.717, 1.165) is 18.8 Å². The molecule has 0 heterocycles. The minimum Gasteiger partial charge on any atom is -0.381 e. The summed E-state index contributed by atoms with van der Waals surface area (Å²) in [6, 6.07) is 0.655. The molecule has 0 bridgehead atoms. The number of hydrogen-bond donors (Lipinski definition) is 1. The smallest absolute Gasteiger partial charge is 0.0586 e. The van der Waals surface area contributed by atoms with E-state index in [9.17, 15) is 0 Å². The molecule has 0 spiro atoms. The maximum atomic E-state index is 5.61. The van der Waals surface area contributed by atoms with E-state index in [2.05, 4.69) is 5.32 Å². The SMILES string of the molecule is COC1CCCC(NCCCCl)C1. The Morgan fingerprint density at radius 1 is 1.46 bits per heavy atom. The average molecular weight is 206 g/mol. The van der Waals surface area contributed by atoms with Crippen LogP contribution >= 0.6 is 11.6 Å². The zero-order chi connectivity index (χ0) is 9.52. The first-order chi connectivity index (χ1) is 6.36. The van der Waals surface area contributed by atoms with E-state index in [4.69, 9.17) is 16.3 Å². The van der Waals surface area contributed by atoms with Gasteiger partial charge >= 0.3 is 0 Å². The predicted octanol–water partition coefficient (Wildman–Crippen LogP) is 2.16. The second-order valence-electron chi connectivity index (χ2n) is 3.72. The Morgan fingerprint density at radius 2 is 2.31 bits per heavy atom. The number of nitrogens with one attached hydrogen (secondary N) is 1. The molecule has 1 saturated carbocycles. The zero-order valence-electron chi connectivity index (χ0n) is 8.39. The third kappa shape index (κ3) is 4.30. The van der Waals surface area contributed by atoms with Crippen LogP contribution in [0.4, 0.5) is 0 Å². The fourth-order valence-corrected chi connectivity index (χ4v) is 2.05. The Bertz CT molecular complexity index is 132. The normalized spacial score (nSPS) is 29.1. The first kappa shape index (κ1) is 11.3. The Labute approximate surface area is 86.0 Å². The third-order valence-corrected chi connectivity index (χ3v) is 2.97. The molecular weight excluding hydrogens is 186 g/mol. The molecule has 2 unspecified atom stereocenters. The molecule has 0 aliphatic heterocycles. The zero-order valence-corrected chi connectivity index (χ0v) is 9.15. The Kier molecular flexibility index (Phi) is 5.76. The third-order valence-electron chi connectivity index (χ3n) is 2.70. The van der Waals surface area contributed by atoms with Crippen molar-refractivity contribution < 1.29 is 4.74 Å². The minimum absolute atomic E-state index is 0.474. The summed E-state index contributed by atoms with van der Waals surface area (Å²) in [5.74, 6) is 0.757. The largest absolute Gasteiger partial charge is 0.381 e. The van der Waals surface area contributed by atoms with Gasteiger partial charge in [0.25, 0.3) is 0 Å². The van der Waals surface area contributed by atoms with Crippen molar-refractivity contribution in [3.63, 3.8) is 0 Å². The van der Waals surface area contributed by atoms with Crippen LogP contribution in [0.2, 0.25) is 0 Å². The Hall–Kier alpha value is 0.210. The molecule has 0 aromatic rings. The molecule has 0 aromatic heterocycles. The van der Waals surface area contributed by atoms with Gasteiger partial charge < -0.3 is 10.1 Å². The van der Waals surface area contributed by atoms with Crippen molar-refractivity contribution in [2.45, 2.75) is 44.2 Å². The summed E-state index contributed by atoms with van der Waals surface area (Å²) in [6.07, 6.45) is 6.51. The van der Waals surface area contributed by atoms with Crippen LogP contribution in [0.25, 0.3) is 0 Å². The van der Waals surface area contributed by atoms with Crippen LogP contribution in [0.5, 0.6) is 0 Å². The van der Waals surface area contributed by atoms with Crippen molar-refractivity contribution in [1.29, 1.82) is 0 Å².